The Morgan fingerprint density at radius 3 is 2.19 bits per heavy atom. The minimum Gasteiger partial charge on any atom is -0.479 e. The third kappa shape index (κ3) is 5.90. The van der Waals surface area contributed by atoms with Gasteiger partial charge in [-0.05, 0) is 6.42 Å². The summed E-state index contributed by atoms with van der Waals surface area (Å²) in [6, 6.07) is -0.605. The largest absolute Gasteiger partial charge is 0.479 e. The van der Waals surface area contributed by atoms with Crippen LogP contribution in [0.5, 0.6) is 0 Å². The van der Waals surface area contributed by atoms with Gasteiger partial charge in [0.25, 0.3) is 0 Å². The molecule has 2 saturated heterocycles. The quantitative estimate of drug-likeness (QED) is 0.217. The molecule has 0 spiro atoms. The molecule has 1 amide bonds. The first-order valence-electron chi connectivity index (χ1n) is 10.2. The number of carboxylic acids is 1. The van der Waals surface area contributed by atoms with Crippen LogP contribution in [-0.2, 0) is 28.5 Å². The fourth-order valence-electron chi connectivity index (χ4n) is 4.24. The second kappa shape index (κ2) is 11.5. The number of aliphatic carboxylic acids is 1. The number of hydrogen-bond acceptors (Lipinski definition) is 10. The number of hydrogen-bond donors (Lipinski definition) is 6. The number of ether oxygens (including phenoxy) is 4. The van der Waals surface area contributed by atoms with Gasteiger partial charge in [-0.15, -0.1) is 0 Å². The van der Waals surface area contributed by atoms with Crippen molar-refractivity contribution in [1.29, 1.82) is 0 Å². The van der Waals surface area contributed by atoms with Gasteiger partial charge in [0.2, 0.25) is 5.91 Å². The molecule has 0 radical (unpaired) electrons. The molecule has 2 rings (SSSR count). The Kier molecular flexibility index (Phi) is 9.58. The molecule has 10 unspecified atom stereocenters. The maximum absolute atomic E-state index is 11.7. The molecule has 0 bridgehead atoms. The van der Waals surface area contributed by atoms with E-state index in [0.717, 1.165) is 0 Å². The smallest absolute Gasteiger partial charge is 0.333 e. The Morgan fingerprint density at radius 1 is 1.00 bits per heavy atom. The molecule has 31 heavy (non-hydrogen) atoms. The molecule has 0 aromatic rings. The summed E-state index contributed by atoms with van der Waals surface area (Å²) in [5.74, 6) is -3.17. The molecule has 6 N–H and O–H groups in total. The molecule has 0 saturated carbocycles. The highest BCUT2D eigenvalue weighted by molar-refractivity contribution is 5.73. The number of carbonyl (C=O) groups is 2. The van der Waals surface area contributed by atoms with E-state index in [1.807, 2.05) is 6.92 Å². The molecule has 180 valence electrons. The molecule has 12 heteroatoms. The van der Waals surface area contributed by atoms with Crippen LogP contribution >= 0.6 is 0 Å². The number of amides is 1. The van der Waals surface area contributed by atoms with E-state index >= 15 is 0 Å². The molecule has 2 aliphatic rings. The summed E-state index contributed by atoms with van der Waals surface area (Å²) >= 11 is 0. The lowest BCUT2D eigenvalue weighted by molar-refractivity contribution is -0.282. The van der Waals surface area contributed by atoms with Crippen molar-refractivity contribution in [2.45, 2.75) is 69.2 Å². The number of carbonyl (C=O) groups excluding carboxylic acids is 1. The monoisotopic (exact) mass is 451 g/mol. The van der Waals surface area contributed by atoms with Crippen molar-refractivity contribution in [3.8, 4) is 0 Å². The van der Waals surface area contributed by atoms with E-state index in [-0.39, 0.29) is 19.1 Å². The first kappa shape index (κ1) is 25.9. The molecule has 0 aliphatic carbocycles. The second-order valence-corrected chi connectivity index (χ2v) is 7.87. The highest BCUT2D eigenvalue weighted by Gasteiger charge is 2.49. The van der Waals surface area contributed by atoms with Gasteiger partial charge in [0, 0.05) is 25.9 Å². The number of carboxylic acid groups (broad SMARTS) is 1. The summed E-state index contributed by atoms with van der Waals surface area (Å²) in [5, 5.41) is 52.6. The average Bonchev–Trinajstić information content (AvgIpc) is 2.72. The third-order valence-electron chi connectivity index (χ3n) is 5.86. The van der Waals surface area contributed by atoms with E-state index < -0.39 is 73.4 Å². The first-order valence-corrected chi connectivity index (χ1v) is 10.2. The van der Waals surface area contributed by atoms with Crippen LogP contribution in [-0.4, -0.2) is 113 Å². The highest BCUT2D eigenvalue weighted by atomic mass is 16.7. The number of methoxy groups -OCH3 is 1. The molecule has 10 atom stereocenters. The fourth-order valence-corrected chi connectivity index (χ4v) is 4.24. The van der Waals surface area contributed by atoms with E-state index in [4.69, 9.17) is 18.9 Å². The zero-order chi connectivity index (χ0) is 23.3. The van der Waals surface area contributed by atoms with Crippen molar-refractivity contribution in [1.82, 2.24) is 5.32 Å². The zero-order valence-corrected chi connectivity index (χ0v) is 17.8. The minimum absolute atomic E-state index is 0.121. The molecular formula is C19H33NO11. The van der Waals surface area contributed by atoms with Crippen LogP contribution in [0.15, 0.2) is 0 Å². The molecular weight excluding hydrogens is 418 g/mol. The molecule has 2 aliphatic heterocycles. The number of aliphatic hydroxyl groups is 4. The van der Waals surface area contributed by atoms with Crippen molar-refractivity contribution in [2.24, 2.45) is 11.8 Å². The molecule has 0 aromatic carbocycles. The summed E-state index contributed by atoms with van der Waals surface area (Å²) in [5.41, 5.74) is 0. The van der Waals surface area contributed by atoms with Gasteiger partial charge < -0.3 is 49.8 Å². The molecule has 0 aromatic heterocycles. The maximum Gasteiger partial charge on any atom is 0.333 e. The lowest BCUT2D eigenvalue weighted by atomic mass is 9.82. The van der Waals surface area contributed by atoms with Gasteiger partial charge in [-0.1, -0.05) is 6.92 Å². The van der Waals surface area contributed by atoms with E-state index in [0.29, 0.717) is 6.42 Å². The second-order valence-electron chi connectivity index (χ2n) is 7.87. The Bertz CT molecular complexity index is 605. The summed E-state index contributed by atoms with van der Waals surface area (Å²) in [6.07, 6.45) is -7.82. The van der Waals surface area contributed by atoms with Gasteiger partial charge in [-0.2, -0.15) is 0 Å². The topological polar surface area (TPSA) is 184 Å². The van der Waals surface area contributed by atoms with Crippen LogP contribution in [0.2, 0.25) is 0 Å². The van der Waals surface area contributed by atoms with Gasteiger partial charge in [-0.25, -0.2) is 4.79 Å². The summed E-state index contributed by atoms with van der Waals surface area (Å²) in [6.45, 7) is 2.32. The van der Waals surface area contributed by atoms with Crippen LogP contribution in [0, 0.1) is 11.8 Å². The normalized spacial score (nSPS) is 41.0. The molecule has 2 heterocycles. The Balaban J connectivity index is 2.09. The van der Waals surface area contributed by atoms with E-state index in [9.17, 15) is 35.1 Å². The van der Waals surface area contributed by atoms with Gasteiger partial charge >= 0.3 is 5.97 Å². The van der Waals surface area contributed by atoms with E-state index in [1.165, 1.54) is 14.0 Å². The third-order valence-corrected chi connectivity index (χ3v) is 5.86. The Morgan fingerprint density at radius 2 is 1.68 bits per heavy atom. The highest BCUT2D eigenvalue weighted by Crippen LogP contribution is 2.30. The van der Waals surface area contributed by atoms with Crippen LogP contribution < -0.4 is 5.32 Å². The molecule has 2 fully saturated rings. The van der Waals surface area contributed by atoms with Crippen LogP contribution in [0.4, 0.5) is 0 Å². The number of nitrogens with one attached hydrogen (secondary N) is 1. The minimum atomic E-state index is -1.48. The van der Waals surface area contributed by atoms with Crippen molar-refractivity contribution in [3.05, 3.63) is 0 Å². The van der Waals surface area contributed by atoms with Crippen molar-refractivity contribution in [2.75, 3.05) is 26.9 Å². The van der Waals surface area contributed by atoms with Crippen molar-refractivity contribution < 1.29 is 54.1 Å². The number of aliphatic hydroxyl groups excluding tert-OH is 4. The summed E-state index contributed by atoms with van der Waals surface area (Å²) in [7, 11) is 1.22. The zero-order valence-electron chi connectivity index (χ0n) is 17.8. The fraction of sp³-hybridized carbons (Fsp3) is 0.895. The predicted octanol–water partition coefficient (Wildman–Crippen LogP) is -2.55. The SMILES string of the molecule is CCC1C(O)C(CO)OC(COCC2C(C(=O)O)OC(OC)C(O)C2O)C1NC(C)=O. The van der Waals surface area contributed by atoms with E-state index in [2.05, 4.69) is 5.32 Å². The van der Waals surface area contributed by atoms with Gasteiger partial charge in [0.05, 0.1) is 38.1 Å². The average molecular weight is 451 g/mol. The van der Waals surface area contributed by atoms with Gasteiger partial charge in [-0.3, -0.25) is 4.79 Å². The molecule has 12 nitrogen and oxygen atoms in total. The maximum atomic E-state index is 11.7. The Hall–Kier alpha value is -1.38. The first-order chi connectivity index (χ1) is 14.7. The summed E-state index contributed by atoms with van der Waals surface area (Å²) in [4.78, 5) is 23.2. The lowest BCUT2D eigenvalue weighted by Crippen LogP contribution is -2.62. The van der Waals surface area contributed by atoms with E-state index in [1.54, 1.807) is 0 Å². The van der Waals surface area contributed by atoms with Crippen LogP contribution in [0.25, 0.3) is 0 Å². The van der Waals surface area contributed by atoms with Crippen molar-refractivity contribution >= 4 is 11.9 Å². The summed E-state index contributed by atoms with van der Waals surface area (Å²) < 4.78 is 21.4. The van der Waals surface area contributed by atoms with Crippen molar-refractivity contribution in [3.63, 3.8) is 0 Å². The number of rotatable bonds is 9. The predicted molar refractivity (Wildman–Crippen MR) is 103 cm³/mol. The van der Waals surface area contributed by atoms with Crippen LogP contribution in [0.1, 0.15) is 20.3 Å². The van der Waals surface area contributed by atoms with Gasteiger partial charge in [0.15, 0.2) is 12.4 Å². The lowest BCUT2D eigenvalue weighted by Gasteiger charge is -2.45. The Labute approximate surface area is 180 Å². The standard InChI is InChI=1S/C19H33NO11/c1-4-9-13(20-8(2)22)12(30-11(5-21)14(9)23)7-29-6-10-15(24)16(25)19(28-3)31-17(10)18(26)27/h9-17,19,21,23-25H,4-7H2,1-3H3,(H,20,22)(H,26,27). The van der Waals surface area contributed by atoms with Gasteiger partial charge in [0.1, 0.15) is 18.3 Å². The van der Waals surface area contributed by atoms with Crippen LogP contribution in [0.3, 0.4) is 0 Å².